The number of carbonyl (C=O) groups is 1. The fourth-order valence-corrected chi connectivity index (χ4v) is 1.11. The predicted molar refractivity (Wildman–Crippen MR) is 73.6 cm³/mol. The van der Waals surface area contributed by atoms with Gasteiger partial charge in [-0.1, -0.05) is 20.8 Å². The second-order valence-corrected chi connectivity index (χ2v) is 6.72. The van der Waals surface area contributed by atoms with Crippen molar-refractivity contribution in [2.75, 3.05) is 26.4 Å². The molecule has 4 nitrogen and oxygen atoms in total. The molecule has 0 fully saturated rings. The largest absolute Gasteiger partial charge is 0.381 e. The van der Waals surface area contributed by atoms with E-state index < -0.39 is 0 Å². The molecule has 1 N–H and O–H groups in total. The molecule has 0 aliphatic heterocycles. The molecule has 0 aromatic heterocycles. The minimum atomic E-state index is -0.271. The van der Waals surface area contributed by atoms with Gasteiger partial charge in [-0.25, -0.2) is 0 Å². The molecular formula is C14H29NO3. The summed E-state index contributed by atoms with van der Waals surface area (Å²) in [5.41, 5.74) is -0.0725. The van der Waals surface area contributed by atoms with Crippen molar-refractivity contribution in [2.45, 2.75) is 53.6 Å². The fourth-order valence-electron chi connectivity index (χ4n) is 1.11. The van der Waals surface area contributed by atoms with Crippen molar-refractivity contribution in [3.8, 4) is 0 Å². The minimum absolute atomic E-state index is 0.0688. The zero-order valence-corrected chi connectivity index (χ0v) is 12.8. The summed E-state index contributed by atoms with van der Waals surface area (Å²) in [6.07, 6.45) is 0.831. The minimum Gasteiger partial charge on any atom is -0.381 e. The Balaban J connectivity index is 3.42. The van der Waals surface area contributed by atoms with E-state index >= 15 is 0 Å². The Labute approximate surface area is 111 Å². The highest BCUT2D eigenvalue weighted by Crippen LogP contribution is 2.12. The Kier molecular flexibility index (Phi) is 7.48. The van der Waals surface area contributed by atoms with Crippen LogP contribution in [0.1, 0.15) is 48.0 Å². The summed E-state index contributed by atoms with van der Waals surface area (Å²) in [6, 6.07) is 0. The molecule has 0 atom stereocenters. The third-order valence-corrected chi connectivity index (χ3v) is 1.96. The Bertz CT molecular complexity index is 238. The van der Waals surface area contributed by atoms with Gasteiger partial charge in [0.1, 0.15) is 6.61 Å². The van der Waals surface area contributed by atoms with Crippen molar-refractivity contribution in [3.05, 3.63) is 0 Å². The van der Waals surface area contributed by atoms with Crippen LogP contribution in [0.2, 0.25) is 0 Å². The van der Waals surface area contributed by atoms with E-state index in [2.05, 4.69) is 26.1 Å². The van der Waals surface area contributed by atoms with Gasteiger partial charge in [0.05, 0.1) is 12.2 Å². The second kappa shape index (κ2) is 7.74. The lowest BCUT2D eigenvalue weighted by molar-refractivity contribution is -0.130. The smallest absolute Gasteiger partial charge is 0.246 e. The normalized spacial score (nSPS) is 12.6. The molecule has 0 aliphatic rings. The number of hydrogen-bond donors (Lipinski definition) is 1. The molecule has 0 saturated carbocycles. The number of rotatable bonds is 7. The van der Waals surface area contributed by atoms with Crippen molar-refractivity contribution in [1.29, 1.82) is 0 Å². The van der Waals surface area contributed by atoms with Crippen molar-refractivity contribution in [2.24, 2.45) is 5.41 Å². The number of ether oxygens (including phenoxy) is 2. The van der Waals surface area contributed by atoms with E-state index in [9.17, 15) is 4.79 Å². The molecule has 108 valence electrons. The van der Waals surface area contributed by atoms with Crippen LogP contribution in [-0.4, -0.2) is 37.9 Å². The summed E-state index contributed by atoms with van der Waals surface area (Å²) in [5, 5.41) is 2.81. The SMILES string of the molecule is CC(C)(C)COCCCNC(=O)COC(C)(C)C. The summed E-state index contributed by atoms with van der Waals surface area (Å²) in [7, 11) is 0. The molecule has 18 heavy (non-hydrogen) atoms. The van der Waals surface area contributed by atoms with Crippen molar-refractivity contribution in [3.63, 3.8) is 0 Å². The maximum absolute atomic E-state index is 11.4. The summed E-state index contributed by atoms with van der Waals surface area (Å²) in [6.45, 7) is 14.4. The van der Waals surface area contributed by atoms with Gasteiger partial charge < -0.3 is 14.8 Å². The zero-order chi connectivity index (χ0) is 14.2. The van der Waals surface area contributed by atoms with Crippen LogP contribution in [0.3, 0.4) is 0 Å². The Morgan fingerprint density at radius 3 is 2.22 bits per heavy atom. The highest BCUT2D eigenvalue weighted by atomic mass is 16.5. The Morgan fingerprint density at radius 1 is 1.11 bits per heavy atom. The van der Waals surface area contributed by atoms with E-state index in [1.165, 1.54) is 0 Å². The van der Waals surface area contributed by atoms with E-state index in [1.807, 2.05) is 20.8 Å². The lowest BCUT2D eigenvalue weighted by Gasteiger charge is -2.19. The molecule has 0 saturated heterocycles. The molecule has 0 unspecified atom stereocenters. The van der Waals surface area contributed by atoms with E-state index in [0.717, 1.165) is 13.0 Å². The molecule has 0 aliphatic carbocycles. The van der Waals surface area contributed by atoms with E-state index in [1.54, 1.807) is 0 Å². The molecule has 0 heterocycles. The first-order valence-corrected chi connectivity index (χ1v) is 6.58. The van der Waals surface area contributed by atoms with Gasteiger partial charge in [-0.2, -0.15) is 0 Å². The third kappa shape index (κ3) is 13.5. The second-order valence-electron chi connectivity index (χ2n) is 6.72. The van der Waals surface area contributed by atoms with Gasteiger partial charge in [0.25, 0.3) is 0 Å². The summed E-state index contributed by atoms with van der Waals surface area (Å²) < 4.78 is 10.9. The average molecular weight is 259 g/mol. The molecule has 0 spiro atoms. The topological polar surface area (TPSA) is 47.6 Å². The molecule has 0 aromatic carbocycles. The standard InChI is InChI=1S/C14H29NO3/c1-13(2,3)11-17-9-7-8-15-12(16)10-18-14(4,5)6/h7-11H2,1-6H3,(H,15,16). The van der Waals surface area contributed by atoms with Crippen LogP contribution < -0.4 is 5.32 Å². The quantitative estimate of drug-likeness (QED) is 0.714. The van der Waals surface area contributed by atoms with Crippen molar-refractivity contribution < 1.29 is 14.3 Å². The van der Waals surface area contributed by atoms with Crippen LogP contribution in [0.4, 0.5) is 0 Å². The first-order valence-electron chi connectivity index (χ1n) is 6.58. The predicted octanol–water partition coefficient (Wildman–Crippen LogP) is 2.37. The lowest BCUT2D eigenvalue weighted by atomic mass is 9.99. The summed E-state index contributed by atoms with van der Waals surface area (Å²) in [4.78, 5) is 11.4. The number of carbonyl (C=O) groups excluding carboxylic acids is 1. The maximum atomic E-state index is 11.4. The molecule has 4 heteroatoms. The van der Waals surface area contributed by atoms with Crippen LogP contribution in [0.15, 0.2) is 0 Å². The highest BCUT2D eigenvalue weighted by Gasteiger charge is 2.12. The van der Waals surface area contributed by atoms with E-state index in [0.29, 0.717) is 13.2 Å². The third-order valence-electron chi connectivity index (χ3n) is 1.96. The van der Waals surface area contributed by atoms with Crippen LogP contribution in [-0.2, 0) is 14.3 Å². The van der Waals surface area contributed by atoms with Crippen LogP contribution in [0, 0.1) is 5.41 Å². The number of nitrogens with one attached hydrogen (secondary N) is 1. The zero-order valence-electron chi connectivity index (χ0n) is 12.8. The number of hydrogen-bond acceptors (Lipinski definition) is 3. The van der Waals surface area contributed by atoms with Crippen LogP contribution in [0.5, 0.6) is 0 Å². The van der Waals surface area contributed by atoms with Crippen molar-refractivity contribution >= 4 is 5.91 Å². The highest BCUT2D eigenvalue weighted by molar-refractivity contribution is 5.77. The molecular weight excluding hydrogens is 230 g/mol. The van der Waals surface area contributed by atoms with Crippen LogP contribution >= 0.6 is 0 Å². The Hall–Kier alpha value is -0.610. The fraction of sp³-hybridized carbons (Fsp3) is 0.929. The van der Waals surface area contributed by atoms with Gasteiger partial charge >= 0.3 is 0 Å². The summed E-state index contributed by atoms with van der Waals surface area (Å²) in [5.74, 6) is -0.0688. The molecule has 0 bridgehead atoms. The van der Waals surface area contributed by atoms with E-state index in [-0.39, 0.29) is 23.5 Å². The van der Waals surface area contributed by atoms with E-state index in [4.69, 9.17) is 9.47 Å². The average Bonchev–Trinajstić information content (AvgIpc) is 2.17. The maximum Gasteiger partial charge on any atom is 0.246 e. The van der Waals surface area contributed by atoms with Gasteiger partial charge in [0, 0.05) is 13.2 Å². The molecule has 0 radical (unpaired) electrons. The van der Waals surface area contributed by atoms with Gasteiger partial charge in [-0.15, -0.1) is 0 Å². The first kappa shape index (κ1) is 17.4. The molecule has 1 amide bonds. The van der Waals surface area contributed by atoms with Gasteiger partial charge in [0.15, 0.2) is 0 Å². The van der Waals surface area contributed by atoms with Gasteiger partial charge in [-0.3, -0.25) is 4.79 Å². The van der Waals surface area contributed by atoms with Crippen molar-refractivity contribution in [1.82, 2.24) is 5.32 Å². The monoisotopic (exact) mass is 259 g/mol. The lowest BCUT2D eigenvalue weighted by Crippen LogP contribution is -2.33. The molecule has 0 rings (SSSR count). The first-order chi connectivity index (χ1) is 8.10. The van der Waals surface area contributed by atoms with Gasteiger partial charge in [-0.05, 0) is 32.6 Å². The summed E-state index contributed by atoms with van der Waals surface area (Å²) >= 11 is 0. The van der Waals surface area contributed by atoms with Crippen LogP contribution in [0.25, 0.3) is 0 Å². The molecule has 0 aromatic rings. The van der Waals surface area contributed by atoms with Gasteiger partial charge in [0.2, 0.25) is 5.91 Å². The Morgan fingerprint density at radius 2 is 1.72 bits per heavy atom. The number of amides is 1.